The van der Waals surface area contributed by atoms with Crippen LogP contribution in [0.25, 0.3) is 0 Å². The molecule has 0 heterocycles. The number of rotatable bonds is 6. The lowest BCUT2D eigenvalue weighted by molar-refractivity contribution is -0.0894. The zero-order valence-corrected chi connectivity index (χ0v) is 13.0. The summed E-state index contributed by atoms with van der Waals surface area (Å²) in [7, 11) is 0. The van der Waals surface area contributed by atoms with Crippen LogP contribution in [0, 0.1) is 17.3 Å². The lowest BCUT2D eigenvalue weighted by Gasteiger charge is -2.41. The molecule has 3 atom stereocenters. The molecule has 0 aromatic carbocycles. The van der Waals surface area contributed by atoms with Crippen molar-refractivity contribution in [1.82, 2.24) is 0 Å². The number of hydrogen-bond acceptors (Lipinski definition) is 2. The topological polar surface area (TPSA) is 29.5 Å². The minimum absolute atomic E-state index is 0.0876. The third kappa shape index (κ3) is 3.95. The monoisotopic (exact) mass is 268 g/mol. The SMILES string of the molecule is CCC(C)(C)C1CCC(O)C(OCCC2CCC2)C1. The molecule has 2 aliphatic carbocycles. The fraction of sp³-hybridized carbons (Fsp3) is 1.00. The van der Waals surface area contributed by atoms with Crippen molar-refractivity contribution >= 4 is 0 Å². The summed E-state index contributed by atoms with van der Waals surface area (Å²) < 4.78 is 6.02. The van der Waals surface area contributed by atoms with Crippen molar-refractivity contribution in [2.45, 2.75) is 84.3 Å². The summed E-state index contributed by atoms with van der Waals surface area (Å²) in [6.07, 6.45) is 9.58. The molecular weight excluding hydrogens is 236 g/mol. The lowest BCUT2D eigenvalue weighted by atomic mass is 9.68. The van der Waals surface area contributed by atoms with E-state index in [9.17, 15) is 5.11 Å². The first-order valence-corrected chi connectivity index (χ1v) is 8.32. The van der Waals surface area contributed by atoms with E-state index in [0.29, 0.717) is 11.3 Å². The standard InChI is InChI=1S/C17H32O2/c1-4-17(2,3)14-8-9-15(18)16(12-14)19-11-10-13-6-5-7-13/h13-16,18H,4-12H2,1-3H3. The van der Waals surface area contributed by atoms with E-state index in [1.165, 1.54) is 32.1 Å². The van der Waals surface area contributed by atoms with E-state index in [1.54, 1.807) is 0 Å². The van der Waals surface area contributed by atoms with Crippen LogP contribution in [0.2, 0.25) is 0 Å². The summed E-state index contributed by atoms with van der Waals surface area (Å²) in [5.74, 6) is 1.61. The number of hydrogen-bond donors (Lipinski definition) is 1. The molecule has 2 fully saturated rings. The lowest BCUT2D eigenvalue weighted by Crippen LogP contribution is -2.40. The Balaban J connectivity index is 1.77. The van der Waals surface area contributed by atoms with Gasteiger partial charge >= 0.3 is 0 Å². The molecule has 2 nitrogen and oxygen atoms in total. The molecule has 1 N–H and O–H groups in total. The third-order valence-electron chi connectivity index (χ3n) is 5.86. The number of aliphatic hydroxyl groups is 1. The zero-order valence-electron chi connectivity index (χ0n) is 13.0. The van der Waals surface area contributed by atoms with E-state index in [4.69, 9.17) is 4.74 Å². The largest absolute Gasteiger partial charge is 0.390 e. The minimum Gasteiger partial charge on any atom is -0.390 e. The highest BCUT2D eigenvalue weighted by Crippen LogP contribution is 2.41. The summed E-state index contributed by atoms with van der Waals surface area (Å²) in [6.45, 7) is 7.85. The predicted octanol–water partition coefficient (Wildman–Crippen LogP) is 4.16. The molecular formula is C17H32O2. The van der Waals surface area contributed by atoms with Crippen molar-refractivity contribution in [3.8, 4) is 0 Å². The van der Waals surface area contributed by atoms with Gasteiger partial charge in [0.15, 0.2) is 0 Å². The molecule has 2 rings (SSSR count). The van der Waals surface area contributed by atoms with Crippen LogP contribution >= 0.6 is 0 Å². The summed E-state index contributed by atoms with van der Waals surface area (Å²) in [4.78, 5) is 0. The summed E-state index contributed by atoms with van der Waals surface area (Å²) >= 11 is 0. The highest BCUT2D eigenvalue weighted by atomic mass is 16.5. The fourth-order valence-corrected chi connectivity index (χ4v) is 3.46. The molecule has 0 saturated heterocycles. The highest BCUT2D eigenvalue weighted by Gasteiger charge is 2.37. The molecule has 19 heavy (non-hydrogen) atoms. The van der Waals surface area contributed by atoms with Crippen LogP contribution in [-0.4, -0.2) is 23.9 Å². The molecule has 0 radical (unpaired) electrons. The quantitative estimate of drug-likeness (QED) is 0.784. The van der Waals surface area contributed by atoms with Crippen LogP contribution in [0.15, 0.2) is 0 Å². The molecule has 0 bridgehead atoms. The second-order valence-electron chi connectivity index (χ2n) is 7.41. The Kier molecular flexibility index (Phi) is 5.30. The minimum atomic E-state index is -0.231. The maximum absolute atomic E-state index is 10.1. The fourth-order valence-electron chi connectivity index (χ4n) is 3.46. The van der Waals surface area contributed by atoms with Gasteiger partial charge in [0, 0.05) is 6.61 Å². The normalized spacial score (nSPS) is 33.2. The van der Waals surface area contributed by atoms with Gasteiger partial charge in [-0.15, -0.1) is 0 Å². The van der Waals surface area contributed by atoms with Crippen LogP contribution in [0.5, 0.6) is 0 Å². The molecule has 0 spiro atoms. The Hall–Kier alpha value is -0.0800. The van der Waals surface area contributed by atoms with Crippen molar-refractivity contribution in [2.24, 2.45) is 17.3 Å². The van der Waals surface area contributed by atoms with Gasteiger partial charge in [0.25, 0.3) is 0 Å². The average Bonchev–Trinajstić information content (AvgIpc) is 2.34. The average molecular weight is 268 g/mol. The van der Waals surface area contributed by atoms with E-state index in [-0.39, 0.29) is 12.2 Å². The zero-order chi connectivity index (χ0) is 13.9. The second-order valence-corrected chi connectivity index (χ2v) is 7.41. The van der Waals surface area contributed by atoms with E-state index in [2.05, 4.69) is 20.8 Å². The number of aliphatic hydroxyl groups excluding tert-OH is 1. The van der Waals surface area contributed by atoms with Crippen LogP contribution < -0.4 is 0 Å². The molecule has 0 amide bonds. The molecule has 0 aromatic heterocycles. The van der Waals surface area contributed by atoms with Crippen molar-refractivity contribution in [2.75, 3.05) is 6.61 Å². The summed E-state index contributed by atoms with van der Waals surface area (Å²) in [5.41, 5.74) is 0.385. The van der Waals surface area contributed by atoms with Gasteiger partial charge in [-0.3, -0.25) is 0 Å². The van der Waals surface area contributed by atoms with Crippen LogP contribution in [0.3, 0.4) is 0 Å². The Morgan fingerprint density at radius 2 is 1.89 bits per heavy atom. The molecule has 0 aliphatic heterocycles. The van der Waals surface area contributed by atoms with Gasteiger partial charge in [-0.25, -0.2) is 0 Å². The first-order chi connectivity index (χ1) is 9.03. The smallest absolute Gasteiger partial charge is 0.0836 e. The van der Waals surface area contributed by atoms with Crippen molar-refractivity contribution in [1.29, 1.82) is 0 Å². The van der Waals surface area contributed by atoms with Crippen molar-refractivity contribution in [3.05, 3.63) is 0 Å². The van der Waals surface area contributed by atoms with Gasteiger partial charge in [0.05, 0.1) is 12.2 Å². The first kappa shape index (κ1) is 15.3. The van der Waals surface area contributed by atoms with Crippen LogP contribution in [0.4, 0.5) is 0 Å². The molecule has 2 heteroatoms. The Morgan fingerprint density at radius 1 is 1.16 bits per heavy atom. The van der Waals surface area contributed by atoms with Crippen molar-refractivity contribution < 1.29 is 9.84 Å². The van der Waals surface area contributed by atoms with Gasteiger partial charge in [-0.2, -0.15) is 0 Å². The van der Waals surface area contributed by atoms with E-state index in [0.717, 1.165) is 31.8 Å². The van der Waals surface area contributed by atoms with Gasteiger partial charge in [0.2, 0.25) is 0 Å². The second kappa shape index (κ2) is 6.58. The molecule has 2 aliphatic rings. The third-order valence-corrected chi connectivity index (χ3v) is 5.86. The van der Waals surface area contributed by atoms with Gasteiger partial charge < -0.3 is 9.84 Å². The van der Waals surface area contributed by atoms with Crippen LogP contribution in [0.1, 0.15) is 72.1 Å². The summed E-state index contributed by atoms with van der Waals surface area (Å²) in [6, 6.07) is 0. The maximum atomic E-state index is 10.1. The van der Waals surface area contributed by atoms with Gasteiger partial charge in [-0.1, -0.05) is 46.5 Å². The highest BCUT2D eigenvalue weighted by molar-refractivity contribution is 4.87. The molecule has 0 aromatic rings. The Labute approximate surface area is 118 Å². The molecule has 3 unspecified atom stereocenters. The van der Waals surface area contributed by atoms with Gasteiger partial charge in [-0.05, 0) is 42.9 Å². The van der Waals surface area contributed by atoms with Gasteiger partial charge in [0.1, 0.15) is 0 Å². The Morgan fingerprint density at radius 3 is 2.47 bits per heavy atom. The maximum Gasteiger partial charge on any atom is 0.0836 e. The van der Waals surface area contributed by atoms with E-state index < -0.39 is 0 Å². The van der Waals surface area contributed by atoms with E-state index >= 15 is 0 Å². The number of ether oxygens (including phenoxy) is 1. The van der Waals surface area contributed by atoms with Crippen LogP contribution in [-0.2, 0) is 4.74 Å². The molecule has 2 saturated carbocycles. The van der Waals surface area contributed by atoms with E-state index in [1.807, 2.05) is 0 Å². The molecule has 112 valence electrons. The first-order valence-electron chi connectivity index (χ1n) is 8.32. The summed E-state index contributed by atoms with van der Waals surface area (Å²) in [5, 5.41) is 10.1. The predicted molar refractivity (Wildman–Crippen MR) is 79.1 cm³/mol. The Bertz CT molecular complexity index is 270. The van der Waals surface area contributed by atoms with Crippen molar-refractivity contribution in [3.63, 3.8) is 0 Å².